The van der Waals surface area contributed by atoms with Crippen molar-refractivity contribution in [1.82, 2.24) is 14.9 Å². The first-order valence-corrected chi connectivity index (χ1v) is 12.0. The van der Waals surface area contributed by atoms with Crippen LogP contribution in [-0.4, -0.2) is 51.2 Å². The summed E-state index contributed by atoms with van der Waals surface area (Å²) in [5.41, 5.74) is 0.866. The van der Waals surface area contributed by atoms with E-state index < -0.39 is 11.6 Å². The van der Waals surface area contributed by atoms with Crippen LogP contribution < -0.4 is 4.74 Å². The zero-order valence-electron chi connectivity index (χ0n) is 19.2. The van der Waals surface area contributed by atoms with Crippen LogP contribution in [0.15, 0.2) is 30.3 Å². The number of nitrogens with one attached hydrogen (secondary N) is 1. The predicted molar refractivity (Wildman–Crippen MR) is 125 cm³/mol. The fourth-order valence-electron chi connectivity index (χ4n) is 4.91. The maximum absolute atomic E-state index is 15.4. The van der Waals surface area contributed by atoms with E-state index in [0.717, 1.165) is 25.7 Å². The van der Waals surface area contributed by atoms with Crippen molar-refractivity contribution < 1.29 is 23.4 Å². The lowest BCUT2D eigenvalue weighted by molar-refractivity contribution is 0.0546. The Labute approximate surface area is 196 Å². The molecular formula is C26H29F2N3O3. The van der Waals surface area contributed by atoms with Gasteiger partial charge in [0.25, 0.3) is 11.9 Å². The van der Waals surface area contributed by atoms with Gasteiger partial charge in [0.05, 0.1) is 17.2 Å². The molecule has 2 fully saturated rings. The number of halogens is 2. The van der Waals surface area contributed by atoms with E-state index in [2.05, 4.69) is 16.9 Å². The van der Waals surface area contributed by atoms with Gasteiger partial charge in [0.15, 0.2) is 5.82 Å². The summed E-state index contributed by atoms with van der Waals surface area (Å²) < 4.78 is 36.2. The molecule has 6 nitrogen and oxygen atoms in total. The monoisotopic (exact) mass is 469 g/mol. The first kappa shape index (κ1) is 22.8. The van der Waals surface area contributed by atoms with Gasteiger partial charge in [-0.25, -0.2) is 8.78 Å². The SMILES string of the molecule is CC1CCC(Oc2nc3c(F)c(-c4ccc(C(=O)N5CCC(O)CC5)cc4)c(F)cc3[nH]2)CC1. The highest BCUT2D eigenvalue weighted by Crippen LogP contribution is 2.33. The molecule has 1 aliphatic carbocycles. The summed E-state index contributed by atoms with van der Waals surface area (Å²) in [6.07, 6.45) is 4.76. The fourth-order valence-corrected chi connectivity index (χ4v) is 4.91. The van der Waals surface area contributed by atoms with Crippen LogP contribution in [0.2, 0.25) is 0 Å². The number of carbonyl (C=O) groups is 1. The number of fused-ring (bicyclic) bond motifs is 1. The van der Waals surface area contributed by atoms with Crippen LogP contribution in [0.4, 0.5) is 8.78 Å². The molecule has 1 saturated carbocycles. The summed E-state index contributed by atoms with van der Waals surface area (Å²) in [5.74, 6) is -0.946. The lowest BCUT2D eigenvalue weighted by Gasteiger charge is -2.29. The van der Waals surface area contributed by atoms with Crippen LogP contribution in [-0.2, 0) is 0 Å². The van der Waals surface area contributed by atoms with E-state index in [1.807, 2.05) is 0 Å². The lowest BCUT2D eigenvalue weighted by atomic mass is 9.89. The Morgan fingerprint density at radius 1 is 1.09 bits per heavy atom. The number of hydrogen-bond donors (Lipinski definition) is 2. The number of imidazole rings is 1. The molecule has 5 rings (SSSR count). The van der Waals surface area contributed by atoms with Gasteiger partial charge < -0.3 is 19.7 Å². The summed E-state index contributed by atoms with van der Waals surface area (Å²) in [5, 5.41) is 9.64. The standard InChI is InChI=1S/C26H29F2N3O3/c1-15-2-8-19(9-3-15)34-26-29-21-14-20(27)22(23(28)24(21)30-26)16-4-6-17(7-5-16)25(33)31-12-10-18(32)11-13-31/h4-7,14-15,18-19,32H,2-3,8-13H2,1H3,(H,29,30). The average Bonchev–Trinajstić information content (AvgIpc) is 3.23. The van der Waals surface area contributed by atoms with Gasteiger partial charge in [-0.3, -0.25) is 4.79 Å². The summed E-state index contributed by atoms with van der Waals surface area (Å²) in [6, 6.07) is 7.69. The minimum Gasteiger partial charge on any atom is -0.461 e. The fraction of sp³-hybridized carbons (Fsp3) is 0.462. The minimum absolute atomic E-state index is 0.0254. The molecule has 0 unspecified atom stereocenters. The first-order valence-electron chi connectivity index (χ1n) is 12.0. The molecule has 2 N–H and O–H groups in total. The summed E-state index contributed by atoms with van der Waals surface area (Å²) in [6.45, 7) is 3.20. The Kier molecular flexibility index (Phi) is 6.25. The minimum atomic E-state index is -0.762. The number of ether oxygens (including phenoxy) is 1. The Morgan fingerprint density at radius 3 is 2.44 bits per heavy atom. The van der Waals surface area contributed by atoms with Crippen molar-refractivity contribution in [2.45, 2.75) is 57.7 Å². The maximum atomic E-state index is 15.4. The number of carbonyl (C=O) groups excluding carboxylic acids is 1. The number of hydrogen-bond acceptors (Lipinski definition) is 4. The van der Waals surface area contributed by atoms with Crippen molar-refractivity contribution in [3.8, 4) is 17.1 Å². The second-order valence-corrected chi connectivity index (χ2v) is 9.59. The quantitative estimate of drug-likeness (QED) is 0.560. The van der Waals surface area contributed by atoms with Crippen LogP contribution in [0.1, 0.15) is 55.8 Å². The van der Waals surface area contributed by atoms with Crippen molar-refractivity contribution in [3.63, 3.8) is 0 Å². The molecule has 2 aromatic carbocycles. The Bertz CT molecular complexity index is 1180. The van der Waals surface area contributed by atoms with Crippen molar-refractivity contribution >= 4 is 16.9 Å². The normalized spacial score (nSPS) is 21.7. The lowest BCUT2D eigenvalue weighted by Crippen LogP contribution is -2.40. The topological polar surface area (TPSA) is 78.4 Å². The van der Waals surface area contributed by atoms with Crippen molar-refractivity contribution in [3.05, 3.63) is 47.5 Å². The van der Waals surface area contributed by atoms with Crippen LogP contribution in [0, 0.1) is 17.6 Å². The zero-order valence-corrected chi connectivity index (χ0v) is 19.2. The number of benzene rings is 2. The van der Waals surface area contributed by atoms with E-state index in [4.69, 9.17) is 4.74 Å². The molecule has 180 valence electrons. The Morgan fingerprint density at radius 2 is 1.76 bits per heavy atom. The summed E-state index contributed by atoms with van der Waals surface area (Å²) in [7, 11) is 0. The summed E-state index contributed by atoms with van der Waals surface area (Å²) >= 11 is 0. The molecule has 0 bridgehead atoms. The number of nitrogens with zero attached hydrogens (tertiary/aromatic N) is 2. The molecule has 1 saturated heterocycles. The Hall–Kier alpha value is -3.00. The van der Waals surface area contributed by atoms with Crippen molar-refractivity contribution in [2.75, 3.05) is 13.1 Å². The van der Waals surface area contributed by atoms with Gasteiger partial charge in [-0.15, -0.1) is 0 Å². The second-order valence-electron chi connectivity index (χ2n) is 9.59. The smallest absolute Gasteiger partial charge is 0.294 e. The molecular weight excluding hydrogens is 440 g/mol. The van der Waals surface area contributed by atoms with Gasteiger partial charge in [0, 0.05) is 24.7 Å². The molecule has 0 atom stereocenters. The zero-order chi connectivity index (χ0) is 23.8. The van der Waals surface area contributed by atoms with Gasteiger partial charge in [-0.1, -0.05) is 19.1 Å². The van der Waals surface area contributed by atoms with Crippen molar-refractivity contribution in [2.24, 2.45) is 5.92 Å². The molecule has 2 aliphatic rings. The van der Waals surface area contributed by atoms with Crippen LogP contribution in [0.5, 0.6) is 6.01 Å². The predicted octanol–water partition coefficient (Wildman–Crippen LogP) is 5.06. The number of amides is 1. The molecule has 2 heterocycles. The van der Waals surface area contributed by atoms with E-state index in [1.54, 1.807) is 29.2 Å². The van der Waals surface area contributed by atoms with Crippen LogP contribution in [0.25, 0.3) is 22.2 Å². The highest BCUT2D eigenvalue weighted by atomic mass is 19.1. The van der Waals surface area contributed by atoms with Gasteiger partial charge in [-0.2, -0.15) is 4.98 Å². The number of aromatic nitrogens is 2. The maximum Gasteiger partial charge on any atom is 0.294 e. The molecule has 0 spiro atoms. The molecule has 34 heavy (non-hydrogen) atoms. The second kappa shape index (κ2) is 9.33. The highest BCUT2D eigenvalue weighted by Gasteiger charge is 2.25. The third-order valence-electron chi connectivity index (χ3n) is 7.06. The van der Waals surface area contributed by atoms with E-state index in [1.165, 1.54) is 6.07 Å². The average molecular weight is 470 g/mol. The van der Waals surface area contributed by atoms with E-state index >= 15 is 4.39 Å². The largest absolute Gasteiger partial charge is 0.461 e. The number of aliphatic hydroxyl groups excluding tert-OH is 1. The van der Waals surface area contributed by atoms with Gasteiger partial charge >= 0.3 is 0 Å². The number of rotatable bonds is 4. The summed E-state index contributed by atoms with van der Waals surface area (Å²) in [4.78, 5) is 21.6. The molecule has 0 radical (unpaired) electrons. The third kappa shape index (κ3) is 4.51. The molecule has 3 aromatic rings. The van der Waals surface area contributed by atoms with Gasteiger partial charge in [-0.05, 0) is 62.1 Å². The number of H-pyrrole nitrogens is 1. The van der Waals surface area contributed by atoms with Crippen LogP contribution >= 0.6 is 0 Å². The van der Waals surface area contributed by atoms with Gasteiger partial charge in [0.1, 0.15) is 17.4 Å². The number of piperidine rings is 1. The number of likely N-dealkylation sites (tertiary alicyclic amines) is 1. The molecule has 8 heteroatoms. The molecule has 1 aromatic heterocycles. The Balaban J connectivity index is 1.37. The van der Waals surface area contributed by atoms with E-state index in [-0.39, 0.29) is 40.7 Å². The van der Waals surface area contributed by atoms with E-state index in [0.29, 0.717) is 43.0 Å². The first-order chi connectivity index (χ1) is 16.4. The third-order valence-corrected chi connectivity index (χ3v) is 7.06. The van der Waals surface area contributed by atoms with Gasteiger partial charge in [0.2, 0.25) is 0 Å². The molecule has 1 aliphatic heterocycles. The van der Waals surface area contributed by atoms with E-state index in [9.17, 15) is 14.3 Å². The number of aromatic amines is 1. The molecule has 1 amide bonds. The highest BCUT2D eigenvalue weighted by molar-refractivity contribution is 5.95. The van der Waals surface area contributed by atoms with Crippen LogP contribution in [0.3, 0.4) is 0 Å². The van der Waals surface area contributed by atoms with Crippen molar-refractivity contribution in [1.29, 1.82) is 0 Å². The number of aliphatic hydroxyl groups is 1.